The van der Waals surface area contributed by atoms with Gasteiger partial charge in [0.15, 0.2) is 0 Å². The minimum atomic E-state index is -2.88. The van der Waals surface area contributed by atoms with Gasteiger partial charge >= 0.3 is 0 Å². The maximum atomic E-state index is 13.7. The first-order valence-electron chi connectivity index (χ1n) is 5.33. The molecule has 2 nitrogen and oxygen atoms in total. The first-order valence-corrected chi connectivity index (χ1v) is 5.77. The summed E-state index contributed by atoms with van der Waals surface area (Å²) in [5.74, 6) is -2.88. The van der Waals surface area contributed by atoms with Gasteiger partial charge in [-0.25, -0.2) is 0 Å². The van der Waals surface area contributed by atoms with Crippen LogP contribution in [-0.2, 0) is 10.7 Å². The summed E-state index contributed by atoms with van der Waals surface area (Å²) in [6.07, 6.45) is 0. The van der Waals surface area contributed by atoms with E-state index in [2.05, 4.69) is 5.32 Å². The highest BCUT2D eigenvalue weighted by atomic mass is 35.5. The predicted octanol–water partition coefficient (Wildman–Crippen LogP) is 2.62. The molecular weight excluding hydrogens is 248 g/mol. The van der Waals surface area contributed by atoms with Gasteiger partial charge in [-0.1, -0.05) is 30.3 Å². The number of rotatable bonds is 7. The molecule has 0 saturated heterocycles. The fraction of sp³-hybridized carbons (Fsp3) is 0.500. The van der Waals surface area contributed by atoms with Crippen molar-refractivity contribution in [3.8, 4) is 0 Å². The predicted molar refractivity (Wildman–Crippen MR) is 64.7 cm³/mol. The van der Waals surface area contributed by atoms with Crippen molar-refractivity contribution in [3.63, 3.8) is 0 Å². The molecule has 1 aromatic rings. The number of alkyl halides is 3. The van der Waals surface area contributed by atoms with Crippen LogP contribution < -0.4 is 5.32 Å². The highest BCUT2D eigenvalue weighted by molar-refractivity contribution is 6.20. The van der Waals surface area contributed by atoms with E-state index >= 15 is 0 Å². The third-order valence-electron chi connectivity index (χ3n) is 2.26. The number of benzene rings is 1. The van der Waals surface area contributed by atoms with Gasteiger partial charge in [-0.2, -0.15) is 8.78 Å². The first-order chi connectivity index (χ1) is 8.06. The average Bonchev–Trinajstić information content (AvgIpc) is 2.30. The summed E-state index contributed by atoms with van der Waals surface area (Å²) >= 11 is 5.82. The molecule has 0 saturated carbocycles. The lowest BCUT2D eigenvalue weighted by Crippen LogP contribution is -2.35. The minimum Gasteiger partial charge on any atom is -0.383 e. The Bertz CT molecular complexity index is 322. The van der Waals surface area contributed by atoms with Gasteiger partial charge in [0.05, 0.1) is 18.5 Å². The highest BCUT2D eigenvalue weighted by Crippen LogP contribution is 2.26. The van der Waals surface area contributed by atoms with Gasteiger partial charge in [0.2, 0.25) is 0 Å². The molecule has 0 amide bonds. The van der Waals surface area contributed by atoms with Crippen molar-refractivity contribution in [1.29, 1.82) is 0 Å². The summed E-state index contributed by atoms with van der Waals surface area (Å²) < 4.78 is 32.1. The largest absolute Gasteiger partial charge is 0.383 e. The molecule has 0 radical (unpaired) electrons. The molecule has 0 heterocycles. The Morgan fingerprint density at radius 3 is 2.59 bits per heavy atom. The second-order valence-electron chi connectivity index (χ2n) is 3.75. The van der Waals surface area contributed by atoms with E-state index in [1.165, 1.54) is 19.2 Å². The molecule has 0 aromatic heterocycles. The molecule has 0 aliphatic heterocycles. The normalized spacial score (nSPS) is 13.6. The van der Waals surface area contributed by atoms with Crippen LogP contribution in [0, 0.1) is 0 Å². The van der Waals surface area contributed by atoms with Crippen molar-refractivity contribution in [2.24, 2.45) is 0 Å². The number of nitrogens with one attached hydrogen (secondary N) is 1. The molecule has 96 valence electrons. The zero-order valence-electron chi connectivity index (χ0n) is 9.63. The van der Waals surface area contributed by atoms with Gasteiger partial charge in [0.1, 0.15) is 0 Å². The van der Waals surface area contributed by atoms with Crippen LogP contribution >= 0.6 is 11.6 Å². The highest BCUT2D eigenvalue weighted by Gasteiger charge is 2.30. The third kappa shape index (κ3) is 4.98. The van der Waals surface area contributed by atoms with Gasteiger partial charge in [-0.15, -0.1) is 11.6 Å². The monoisotopic (exact) mass is 263 g/mol. The van der Waals surface area contributed by atoms with Gasteiger partial charge in [0.25, 0.3) is 5.92 Å². The Kier molecular flexibility index (Phi) is 5.82. The standard InChI is InChI=1S/C12H16ClF2NO/c1-17-8-11(13)7-16-9-12(14,15)10-5-3-2-4-6-10/h2-6,11,16H,7-9H2,1H3. The summed E-state index contributed by atoms with van der Waals surface area (Å²) in [5.41, 5.74) is 0.00497. The maximum Gasteiger partial charge on any atom is 0.285 e. The van der Waals surface area contributed by atoms with E-state index in [0.717, 1.165) is 0 Å². The molecule has 1 unspecified atom stereocenters. The Labute approximate surface area is 105 Å². The second kappa shape index (κ2) is 6.89. The summed E-state index contributed by atoms with van der Waals surface area (Å²) in [4.78, 5) is 0. The van der Waals surface area contributed by atoms with Crippen LogP contribution in [0.1, 0.15) is 5.56 Å². The molecule has 1 aromatic carbocycles. The van der Waals surface area contributed by atoms with E-state index in [4.69, 9.17) is 16.3 Å². The second-order valence-corrected chi connectivity index (χ2v) is 4.37. The summed E-state index contributed by atoms with van der Waals surface area (Å²) in [5, 5.41) is 2.35. The van der Waals surface area contributed by atoms with Crippen molar-refractivity contribution in [2.75, 3.05) is 26.8 Å². The van der Waals surface area contributed by atoms with Crippen LogP contribution in [-0.4, -0.2) is 32.2 Å². The van der Waals surface area contributed by atoms with E-state index in [0.29, 0.717) is 6.61 Å². The van der Waals surface area contributed by atoms with Crippen molar-refractivity contribution < 1.29 is 13.5 Å². The Balaban J connectivity index is 2.40. The van der Waals surface area contributed by atoms with Crippen LogP contribution in [0.25, 0.3) is 0 Å². The molecule has 17 heavy (non-hydrogen) atoms. The number of methoxy groups -OCH3 is 1. The van der Waals surface area contributed by atoms with Crippen LogP contribution in [0.15, 0.2) is 30.3 Å². The molecule has 0 fully saturated rings. The topological polar surface area (TPSA) is 21.3 Å². The zero-order chi connectivity index (χ0) is 12.7. The Hall–Kier alpha value is -0.710. The SMILES string of the molecule is COCC(Cl)CNCC(F)(F)c1ccccc1. The van der Waals surface area contributed by atoms with Crippen molar-refractivity contribution in [3.05, 3.63) is 35.9 Å². The molecule has 0 spiro atoms. The van der Waals surface area contributed by atoms with Gasteiger partial charge in [0, 0.05) is 19.2 Å². The molecule has 5 heteroatoms. The summed E-state index contributed by atoms with van der Waals surface area (Å²) in [6, 6.07) is 7.72. The molecule has 0 aliphatic rings. The van der Waals surface area contributed by atoms with E-state index in [1.54, 1.807) is 18.2 Å². The van der Waals surface area contributed by atoms with Crippen LogP contribution in [0.4, 0.5) is 8.78 Å². The van der Waals surface area contributed by atoms with Crippen LogP contribution in [0.5, 0.6) is 0 Å². The summed E-state index contributed by atoms with van der Waals surface area (Å²) in [7, 11) is 1.52. The van der Waals surface area contributed by atoms with Gasteiger partial charge < -0.3 is 10.1 Å². The molecule has 1 N–H and O–H groups in total. The van der Waals surface area contributed by atoms with E-state index in [9.17, 15) is 8.78 Å². The van der Waals surface area contributed by atoms with Crippen molar-refractivity contribution >= 4 is 11.6 Å². The lowest BCUT2D eigenvalue weighted by molar-refractivity contribution is -0.00323. The number of ether oxygens (including phenoxy) is 1. The summed E-state index contributed by atoms with van der Waals surface area (Å²) in [6.45, 7) is 0.202. The Morgan fingerprint density at radius 2 is 2.00 bits per heavy atom. The zero-order valence-corrected chi connectivity index (χ0v) is 10.4. The van der Waals surface area contributed by atoms with Crippen molar-refractivity contribution in [1.82, 2.24) is 5.32 Å². The first kappa shape index (κ1) is 14.4. The van der Waals surface area contributed by atoms with Gasteiger partial charge in [-0.3, -0.25) is 0 Å². The average molecular weight is 264 g/mol. The van der Waals surface area contributed by atoms with E-state index in [1.807, 2.05) is 0 Å². The lowest BCUT2D eigenvalue weighted by atomic mass is 10.1. The van der Waals surface area contributed by atoms with Crippen LogP contribution in [0.3, 0.4) is 0 Å². The van der Waals surface area contributed by atoms with Crippen molar-refractivity contribution in [2.45, 2.75) is 11.3 Å². The molecule has 1 atom stereocenters. The van der Waals surface area contributed by atoms with Crippen LogP contribution in [0.2, 0.25) is 0 Å². The van der Waals surface area contributed by atoms with E-state index < -0.39 is 12.5 Å². The fourth-order valence-corrected chi connectivity index (χ4v) is 1.64. The molecular formula is C12H16ClF2NO. The molecule has 0 bridgehead atoms. The van der Waals surface area contributed by atoms with E-state index in [-0.39, 0.29) is 17.5 Å². The lowest BCUT2D eigenvalue weighted by Gasteiger charge is -2.18. The van der Waals surface area contributed by atoms with Gasteiger partial charge in [-0.05, 0) is 0 Å². The number of halogens is 3. The molecule has 1 rings (SSSR count). The smallest absolute Gasteiger partial charge is 0.285 e. The molecule has 0 aliphatic carbocycles. The number of hydrogen-bond donors (Lipinski definition) is 1. The maximum absolute atomic E-state index is 13.7. The number of hydrogen-bond acceptors (Lipinski definition) is 2. The fourth-order valence-electron chi connectivity index (χ4n) is 1.41. The minimum absolute atomic E-state index is 0.00497. The Morgan fingerprint density at radius 1 is 1.35 bits per heavy atom. The third-order valence-corrected chi connectivity index (χ3v) is 2.54. The quantitative estimate of drug-likeness (QED) is 0.764.